The highest BCUT2D eigenvalue weighted by Gasteiger charge is 2.30. The van der Waals surface area contributed by atoms with E-state index >= 15 is 0 Å². The van der Waals surface area contributed by atoms with Crippen LogP contribution >= 0.6 is 0 Å². The molecular weight excluding hydrogens is 833 g/mol. The number of rotatable bonds is 4. The number of fused-ring (bicyclic) bond motifs is 15. The lowest BCUT2D eigenvalue weighted by Gasteiger charge is -2.21. The molecule has 4 aromatic heterocycles. The Bertz CT molecular complexity index is 4370. The van der Waals surface area contributed by atoms with E-state index in [2.05, 4.69) is 180 Å². The summed E-state index contributed by atoms with van der Waals surface area (Å²) in [6.45, 7) is 0. The first-order valence-corrected chi connectivity index (χ1v) is 23.3. The zero-order valence-corrected chi connectivity index (χ0v) is 36.6. The Morgan fingerprint density at radius 1 is 0.426 bits per heavy atom. The molecule has 6 heteroatoms. The van der Waals surface area contributed by atoms with Crippen molar-refractivity contribution in [1.82, 2.24) is 19.5 Å². The van der Waals surface area contributed by atoms with Crippen LogP contribution in [0.1, 0.15) is 29.0 Å². The van der Waals surface area contributed by atoms with Crippen molar-refractivity contribution in [2.24, 2.45) is 0 Å². The number of aryl methyl sites for hydroxylation is 1. The summed E-state index contributed by atoms with van der Waals surface area (Å²) in [6.07, 6.45) is 1.84. The SMILES string of the molecule is c1ccc2cc3c(cc2c1)CCC(c1ccc(-c2nc(-c4ccc5c(c4)oc4ccccc45)nc(-n4c5ccccc5c5ccccc54)n2)c2c1oc1ccccc12)c1ccc2ccccc2c1-3. The molecule has 68 heavy (non-hydrogen) atoms. The van der Waals surface area contributed by atoms with Crippen molar-refractivity contribution in [3.8, 4) is 39.9 Å². The van der Waals surface area contributed by atoms with Gasteiger partial charge in [-0.1, -0.05) is 152 Å². The molecule has 0 saturated heterocycles. The normalized spacial score (nSPS) is 13.9. The standard InChI is InChI=1S/C62H38N4O2/c1-2-15-38-34-51-39(33-37(38)14-1)26-28-42(47-30-25-36-13-3-4-16-41(36)57(47)51)48-31-32-50(58-49-20-8-12-24-55(49)68-59(48)58)61-63-60(40-27-29-46-45-19-7-11-23-54(45)67-56(46)35-40)64-62(65-61)66-52-21-9-5-17-43(52)44-18-6-10-22-53(44)66/h1-25,27,29-35,42H,26,28H2. The monoisotopic (exact) mass is 870 g/mol. The summed E-state index contributed by atoms with van der Waals surface area (Å²) in [5, 5.41) is 11.4. The van der Waals surface area contributed by atoms with E-state index in [0.717, 1.165) is 95.2 Å². The molecule has 0 aliphatic heterocycles. The van der Waals surface area contributed by atoms with E-state index in [-0.39, 0.29) is 5.92 Å². The fourth-order valence-electron chi connectivity index (χ4n) is 11.4. The van der Waals surface area contributed by atoms with Crippen molar-refractivity contribution >= 4 is 87.2 Å². The number of furan rings is 2. The van der Waals surface area contributed by atoms with Gasteiger partial charge in [0.1, 0.15) is 22.3 Å². The van der Waals surface area contributed by atoms with Crippen LogP contribution in [0.15, 0.2) is 209 Å². The first-order chi connectivity index (χ1) is 33.7. The van der Waals surface area contributed by atoms with E-state index < -0.39 is 0 Å². The van der Waals surface area contributed by atoms with Crippen LogP contribution in [0.4, 0.5) is 0 Å². The minimum atomic E-state index is 0.0415. The number of aromatic nitrogens is 4. The molecule has 1 aliphatic rings. The van der Waals surface area contributed by atoms with Crippen molar-refractivity contribution in [1.29, 1.82) is 0 Å². The summed E-state index contributed by atoms with van der Waals surface area (Å²) in [5.74, 6) is 1.69. The summed E-state index contributed by atoms with van der Waals surface area (Å²) in [7, 11) is 0. The van der Waals surface area contributed by atoms with E-state index in [0.29, 0.717) is 17.6 Å². The van der Waals surface area contributed by atoms with Gasteiger partial charge in [-0.25, -0.2) is 4.98 Å². The molecule has 318 valence electrons. The second-order valence-electron chi connectivity index (χ2n) is 18.2. The van der Waals surface area contributed by atoms with Crippen LogP contribution in [0.2, 0.25) is 0 Å². The Kier molecular flexibility index (Phi) is 7.86. The average Bonchev–Trinajstić information content (AvgIpc) is 4.05. The molecule has 10 aromatic carbocycles. The summed E-state index contributed by atoms with van der Waals surface area (Å²) in [4.78, 5) is 16.2. The lowest BCUT2D eigenvalue weighted by Crippen LogP contribution is -2.07. The molecule has 0 spiro atoms. The topological polar surface area (TPSA) is 69.9 Å². The van der Waals surface area contributed by atoms with Crippen LogP contribution in [-0.2, 0) is 6.42 Å². The molecule has 15 rings (SSSR count). The fourth-order valence-corrected chi connectivity index (χ4v) is 11.4. The minimum absolute atomic E-state index is 0.0415. The maximum Gasteiger partial charge on any atom is 0.238 e. The van der Waals surface area contributed by atoms with Crippen LogP contribution in [0.25, 0.3) is 127 Å². The Hall–Kier alpha value is -8.87. The molecule has 1 unspecified atom stereocenters. The van der Waals surface area contributed by atoms with Crippen molar-refractivity contribution in [2.45, 2.75) is 18.8 Å². The fraction of sp³-hybridized carbons (Fsp3) is 0.0484. The van der Waals surface area contributed by atoms with Crippen LogP contribution in [0, 0.1) is 0 Å². The van der Waals surface area contributed by atoms with Gasteiger partial charge < -0.3 is 8.83 Å². The van der Waals surface area contributed by atoms with Crippen LogP contribution < -0.4 is 0 Å². The third-order valence-corrected chi connectivity index (χ3v) is 14.5. The zero-order valence-electron chi connectivity index (χ0n) is 36.6. The van der Waals surface area contributed by atoms with E-state index in [4.69, 9.17) is 23.8 Å². The number of hydrogen-bond acceptors (Lipinski definition) is 5. The molecule has 0 N–H and O–H groups in total. The van der Waals surface area contributed by atoms with Crippen molar-refractivity contribution in [3.05, 3.63) is 217 Å². The van der Waals surface area contributed by atoms with Crippen molar-refractivity contribution in [2.75, 3.05) is 0 Å². The van der Waals surface area contributed by atoms with Gasteiger partial charge in [-0.2, -0.15) is 9.97 Å². The smallest absolute Gasteiger partial charge is 0.238 e. The third kappa shape index (κ3) is 5.49. The average molecular weight is 871 g/mol. The molecule has 0 bridgehead atoms. The van der Waals surface area contributed by atoms with E-state index in [1.54, 1.807) is 0 Å². The maximum absolute atomic E-state index is 7.10. The van der Waals surface area contributed by atoms with Crippen LogP contribution in [0.5, 0.6) is 0 Å². The highest BCUT2D eigenvalue weighted by Crippen LogP contribution is 2.49. The molecule has 6 nitrogen and oxygen atoms in total. The summed E-state index contributed by atoms with van der Waals surface area (Å²) < 4.78 is 15.7. The molecule has 1 aliphatic carbocycles. The van der Waals surface area contributed by atoms with Gasteiger partial charge in [-0.15, -0.1) is 0 Å². The van der Waals surface area contributed by atoms with E-state index in [1.165, 1.54) is 43.8 Å². The molecule has 0 amide bonds. The summed E-state index contributed by atoms with van der Waals surface area (Å²) >= 11 is 0. The first-order valence-electron chi connectivity index (χ1n) is 23.3. The van der Waals surface area contributed by atoms with Crippen LogP contribution in [0.3, 0.4) is 0 Å². The number of hydrogen-bond donors (Lipinski definition) is 0. The van der Waals surface area contributed by atoms with Crippen molar-refractivity contribution in [3.63, 3.8) is 0 Å². The van der Waals surface area contributed by atoms with Gasteiger partial charge in [-0.3, -0.25) is 4.57 Å². The van der Waals surface area contributed by atoms with Gasteiger partial charge in [0, 0.05) is 54.9 Å². The van der Waals surface area contributed by atoms with E-state index in [9.17, 15) is 0 Å². The molecular formula is C62H38N4O2. The van der Waals surface area contributed by atoms with Gasteiger partial charge in [-0.05, 0) is 105 Å². The molecule has 1 atom stereocenters. The largest absolute Gasteiger partial charge is 0.456 e. The summed E-state index contributed by atoms with van der Waals surface area (Å²) in [5.41, 5.74) is 13.5. The van der Waals surface area contributed by atoms with E-state index in [1.807, 2.05) is 24.3 Å². The first kappa shape index (κ1) is 37.4. The second kappa shape index (κ2) is 14.3. The molecule has 14 aromatic rings. The predicted octanol–water partition coefficient (Wildman–Crippen LogP) is 16.2. The van der Waals surface area contributed by atoms with Gasteiger partial charge in [0.25, 0.3) is 0 Å². The summed E-state index contributed by atoms with van der Waals surface area (Å²) in [6, 6.07) is 71.3. The van der Waals surface area contributed by atoms with Gasteiger partial charge >= 0.3 is 0 Å². The Labute approximate surface area is 389 Å². The molecule has 0 fully saturated rings. The Morgan fingerprint density at radius 2 is 1.04 bits per heavy atom. The van der Waals surface area contributed by atoms with Gasteiger partial charge in [0.2, 0.25) is 5.95 Å². The highest BCUT2D eigenvalue weighted by atomic mass is 16.3. The van der Waals surface area contributed by atoms with Crippen LogP contribution in [-0.4, -0.2) is 19.5 Å². The zero-order chi connectivity index (χ0) is 44.5. The highest BCUT2D eigenvalue weighted by molar-refractivity contribution is 6.14. The second-order valence-corrected chi connectivity index (χ2v) is 18.2. The Morgan fingerprint density at radius 3 is 1.84 bits per heavy atom. The molecule has 4 heterocycles. The number of nitrogens with zero attached hydrogens (tertiary/aromatic N) is 4. The molecule has 0 radical (unpaired) electrons. The number of benzene rings is 10. The third-order valence-electron chi connectivity index (χ3n) is 14.5. The maximum atomic E-state index is 7.10. The minimum Gasteiger partial charge on any atom is -0.456 e. The predicted molar refractivity (Wildman–Crippen MR) is 277 cm³/mol. The quantitative estimate of drug-likeness (QED) is 0.176. The Balaban J connectivity index is 0.985. The number of para-hydroxylation sites is 4. The van der Waals surface area contributed by atoms with Gasteiger partial charge in [0.15, 0.2) is 11.6 Å². The molecule has 0 saturated carbocycles. The van der Waals surface area contributed by atoms with Crippen molar-refractivity contribution < 1.29 is 8.83 Å². The van der Waals surface area contributed by atoms with Gasteiger partial charge in [0.05, 0.1) is 11.0 Å². The lowest BCUT2D eigenvalue weighted by molar-refractivity contribution is 0.647. The lowest BCUT2D eigenvalue weighted by atomic mass is 9.82.